The smallest absolute Gasteiger partial charge is 0.107 e. The molecule has 0 saturated carbocycles. The molecule has 0 radical (unpaired) electrons. The molecule has 1 aromatic heterocycles. The van der Waals surface area contributed by atoms with Gasteiger partial charge in [0, 0.05) is 31.1 Å². The number of aromatic nitrogens is 1. The van der Waals surface area contributed by atoms with E-state index in [2.05, 4.69) is 27.8 Å². The van der Waals surface area contributed by atoms with Crippen LogP contribution in [0.5, 0.6) is 0 Å². The summed E-state index contributed by atoms with van der Waals surface area (Å²) in [5.41, 5.74) is 2.21. The molecule has 4 nitrogen and oxygen atoms in total. The Morgan fingerprint density at radius 2 is 2.00 bits per heavy atom. The Morgan fingerprint density at radius 1 is 1.15 bits per heavy atom. The second kappa shape index (κ2) is 8.81. The van der Waals surface area contributed by atoms with Crippen molar-refractivity contribution in [1.29, 1.82) is 0 Å². The van der Waals surface area contributed by atoms with E-state index in [0.717, 1.165) is 29.4 Å². The summed E-state index contributed by atoms with van der Waals surface area (Å²) < 4.78 is 10.3. The number of methoxy groups -OCH3 is 1. The number of nitrogens with one attached hydrogen (secondary N) is 1. The molecule has 108 valence electrons. The van der Waals surface area contributed by atoms with Crippen LogP contribution in [-0.4, -0.2) is 38.5 Å². The third-order valence-electron chi connectivity index (χ3n) is 2.75. The first-order chi connectivity index (χ1) is 9.90. The number of hydrogen-bond donors (Lipinski definition) is 1. The van der Waals surface area contributed by atoms with E-state index >= 15 is 0 Å². The SMILES string of the molecule is COCCOCCNCc1nc(-c2ccccc2)cs1. The van der Waals surface area contributed by atoms with E-state index in [1.54, 1.807) is 18.4 Å². The maximum Gasteiger partial charge on any atom is 0.107 e. The van der Waals surface area contributed by atoms with Crippen LogP contribution in [0.15, 0.2) is 35.7 Å². The molecule has 0 aliphatic heterocycles. The van der Waals surface area contributed by atoms with Gasteiger partial charge >= 0.3 is 0 Å². The fourth-order valence-corrected chi connectivity index (χ4v) is 2.49. The molecule has 1 aromatic carbocycles. The fraction of sp³-hybridized carbons (Fsp3) is 0.400. The highest BCUT2D eigenvalue weighted by atomic mass is 32.1. The largest absolute Gasteiger partial charge is 0.382 e. The van der Waals surface area contributed by atoms with Crippen molar-refractivity contribution >= 4 is 11.3 Å². The van der Waals surface area contributed by atoms with Crippen LogP contribution in [0.2, 0.25) is 0 Å². The zero-order valence-electron chi connectivity index (χ0n) is 11.7. The van der Waals surface area contributed by atoms with Crippen molar-refractivity contribution in [3.63, 3.8) is 0 Å². The topological polar surface area (TPSA) is 43.4 Å². The van der Waals surface area contributed by atoms with E-state index in [-0.39, 0.29) is 0 Å². The Morgan fingerprint density at radius 3 is 2.80 bits per heavy atom. The van der Waals surface area contributed by atoms with Crippen molar-refractivity contribution in [1.82, 2.24) is 10.3 Å². The van der Waals surface area contributed by atoms with Crippen LogP contribution in [0, 0.1) is 0 Å². The molecular formula is C15H20N2O2S. The molecule has 0 spiro atoms. The molecule has 0 fully saturated rings. The summed E-state index contributed by atoms with van der Waals surface area (Å²) in [6.45, 7) is 3.59. The first kappa shape index (κ1) is 15.1. The van der Waals surface area contributed by atoms with Gasteiger partial charge in [-0.05, 0) is 0 Å². The first-order valence-corrected chi connectivity index (χ1v) is 7.55. The molecule has 2 aromatic rings. The monoisotopic (exact) mass is 292 g/mol. The second-order valence-electron chi connectivity index (χ2n) is 4.27. The summed E-state index contributed by atoms with van der Waals surface area (Å²) in [4.78, 5) is 4.62. The van der Waals surface area contributed by atoms with Crippen molar-refractivity contribution in [3.8, 4) is 11.3 Å². The second-order valence-corrected chi connectivity index (χ2v) is 5.22. The van der Waals surface area contributed by atoms with Crippen LogP contribution >= 0.6 is 11.3 Å². The molecule has 0 aliphatic rings. The predicted molar refractivity (Wildman–Crippen MR) is 82.0 cm³/mol. The molecule has 0 amide bonds. The van der Waals surface area contributed by atoms with Gasteiger partial charge in [-0.25, -0.2) is 4.98 Å². The highest BCUT2D eigenvalue weighted by Gasteiger charge is 2.03. The average Bonchev–Trinajstić information content (AvgIpc) is 2.96. The lowest BCUT2D eigenvalue weighted by molar-refractivity contribution is 0.0719. The summed E-state index contributed by atoms with van der Waals surface area (Å²) in [5.74, 6) is 0. The summed E-state index contributed by atoms with van der Waals surface area (Å²) in [6, 6.07) is 10.2. The third kappa shape index (κ3) is 5.02. The molecule has 1 heterocycles. The Hall–Kier alpha value is -1.27. The molecule has 0 saturated heterocycles. The van der Waals surface area contributed by atoms with E-state index in [4.69, 9.17) is 9.47 Å². The van der Waals surface area contributed by atoms with Gasteiger partial charge in [0.05, 0.1) is 25.5 Å². The van der Waals surface area contributed by atoms with Gasteiger partial charge in [0.15, 0.2) is 0 Å². The Bertz CT molecular complexity index is 488. The summed E-state index contributed by atoms with van der Waals surface area (Å²) in [5, 5.41) is 6.52. The molecular weight excluding hydrogens is 272 g/mol. The van der Waals surface area contributed by atoms with Crippen LogP contribution in [0.1, 0.15) is 5.01 Å². The maximum absolute atomic E-state index is 5.38. The Labute approximate surface area is 123 Å². The number of thiazole rings is 1. The van der Waals surface area contributed by atoms with E-state index in [1.165, 1.54) is 0 Å². The van der Waals surface area contributed by atoms with Gasteiger partial charge in [0.25, 0.3) is 0 Å². The quantitative estimate of drug-likeness (QED) is 0.721. The molecule has 1 N–H and O–H groups in total. The fourth-order valence-electron chi connectivity index (χ4n) is 1.72. The van der Waals surface area contributed by atoms with Gasteiger partial charge < -0.3 is 14.8 Å². The van der Waals surface area contributed by atoms with Crippen LogP contribution in [-0.2, 0) is 16.0 Å². The Balaban J connectivity index is 1.69. The lowest BCUT2D eigenvalue weighted by atomic mass is 10.2. The molecule has 0 aliphatic carbocycles. The van der Waals surface area contributed by atoms with Gasteiger partial charge in [-0.2, -0.15) is 0 Å². The van der Waals surface area contributed by atoms with Gasteiger partial charge in [-0.3, -0.25) is 0 Å². The van der Waals surface area contributed by atoms with Crippen LogP contribution in [0.4, 0.5) is 0 Å². The normalized spacial score (nSPS) is 10.8. The van der Waals surface area contributed by atoms with Gasteiger partial charge in [-0.15, -0.1) is 11.3 Å². The van der Waals surface area contributed by atoms with E-state index in [9.17, 15) is 0 Å². The van der Waals surface area contributed by atoms with Crippen molar-refractivity contribution < 1.29 is 9.47 Å². The van der Waals surface area contributed by atoms with Crippen molar-refractivity contribution in [2.75, 3.05) is 33.5 Å². The minimum Gasteiger partial charge on any atom is -0.382 e. The molecule has 2 rings (SSSR count). The lowest BCUT2D eigenvalue weighted by Gasteiger charge is -2.04. The van der Waals surface area contributed by atoms with Crippen LogP contribution < -0.4 is 5.32 Å². The summed E-state index contributed by atoms with van der Waals surface area (Å²) >= 11 is 1.68. The minimum atomic E-state index is 0.646. The number of nitrogens with zero attached hydrogens (tertiary/aromatic N) is 1. The number of rotatable bonds is 9. The van der Waals surface area contributed by atoms with E-state index in [0.29, 0.717) is 19.8 Å². The summed E-state index contributed by atoms with van der Waals surface area (Å²) in [7, 11) is 1.67. The molecule has 0 unspecified atom stereocenters. The Kier molecular flexibility index (Phi) is 6.66. The zero-order valence-corrected chi connectivity index (χ0v) is 12.5. The van der Waals surface area contributed by atoms with Gasteiger partial charge in [-0.1, -0.05) is 30.3 Å². The maximum atomic E-state index is 5.38. The predicted octanol–water partition coefficient (Wildman–Crippen LogP) is 2.56. The standard InChI is InChI=1S/C15H20N2O2S/c1-18-9-10-19-8-7-16-11-15-17-14(12-20-15)13-5-3-2-4-6-13/h2-6,12,16H,7-11H2,1H3. The highest BCUT2D eigenvalue weighted by molar-refractivity contribution is 7.09. The average molecular weight is 292 g/mol. The molecule has 5 heteroatoms. The van der Waals surface area contributed by atoms with Gasteiger partial charge in [0.2, 0.25) is 0 Å². The molecule has 0 atom stereocenters. The van der Waals surface area contributed by atoms with Crippen molar-refractivity contribution in [2.24, 2.45) is 0 Å². The highest BCUT2D eigenvalue weighted by Crippen LogP contribution is 2.21. The third-order valence-corrected chi connectivity index (χ3v) is 3.60. The van der Waals surface area contributed by atoms with E-state index < -0.39 is 0 Å². The van der Waals surface area contributed by atoms with Crippen LogP contribution in [0.25, 0.3) is 11.3 Å². The zero-order chi connectivity index (χ0) is 14.0. The van der Waals surface area contributed by atoms with Crippen LogP contribution in [0.3, 0.4) is 0 Å². The first-order valence-electron chi connectivity index (χ1n) is 6.67. The number of ether oxygens (including phenoxy) is 2. The van der Waals surface area contributed by atoms with Crippen molar-refractivity contribution in [3.05, 3.63) is 40.7 Å². The minimum absolute atomic E-state index is 0.646. The lowest BCUT2D eigenvalue weighted by Crippen LogP contribution is -2.20. The number of hydrogen-bond acceptors (Lipinski definition) is 5. The van der Waals surface area contributed by atoms with Crippen molar-refractivity contribution in [2.45, 2.75) is 6.54 Å². The summed E-state index contributed by atoms with van der Waals surface area (Å²) in [6.07, 6.45) is 0. The molecule has 0 bridgehead atoms. The number of benzene rings is 1. The van der Waals surface area contributed by atoms with E-state index in [1.807, 2.05) is 18.2 Å². The van der Waals surface area contributed by atoms with Gasteiger partial charge in [0.1, 0.15) is 5.01 Å². The molecule has 20 heavy (non-hydrogen) atoms.